The number of benzene rings is 1. The molecule has 1 aliphatic heterocycles. The van der Waals surface area contributed by atoms with Crippen molar-refractivity contribution in [3.05, 3.63) is 53.6 Å². The number of carbonyl (C=O) groups is 4. The zero-order valence-corrected chi connectivity index (χ0v) is 24.2. The number of carbonyl (C=O) groups excluding carboxylic acids is 2. The van der Waals surface area contributed by atoms with Crippen LogP contribution in [0.15, 0.2) is 36.8 Å². The molecule has 2 amide bonds. The Kier molecular flexibility index (Phi) is 14.0. The molecule has 1 saturated heterocycles. The number of nitrogens with one attached hydrogen (secondary N) is 2. The van der Waals surface area contributed by atoms with E-state index in [0.29, 0.717) is 37.4 Å². The normalized spacial score (nSPS) is 15.3. The molecule has 1 unspecified atom stereocenters. The van der Waals surface area contributed by atoms with Crippen molar-refractivity contribution in [2.75, 3.05) is 31.6 Å². The Morgan fingerprint density at radius 2 is 1.93 bits per heavy atom. The maximum Gasteiger partial charge on any atom is 0.490 e. The van der Waals surface area contributed by atoms with Crippen LogP contribution in [-0.2, 0) is 32.1 Å². The quantitative estimate of drug-likeness (QED) is 0.258. The Bertz CT molecular complexity index is 1250. The molecule has 234 valence electrons. The summed E-state index contributed by atoms with van der Waals surface area (Å²) in [5.41, 5.74) is 2.23. The molecule has 16 heteroatoms. The standard InChI is InChI=1S/C25H32N6O4S.C2HF3O2/c1-36-10-8-22(25(34)35)29-23(32)16-30(14-19-6-4-18(12-26)5-7-19)15-21-3-2-9-31(21)24(33)11-20-13-27-17-28-20;3-2(4,5)1(6)7/h4-7,13,17,21-22H,2-3,8-11,14-16H2,1H3,(H,27,28)(H,29,32)(H,34,35);(H,6,7)/t21-,22?;/m0./s1. The van der Waals surface area contributed by atoms with E-state index in [1.54, 1.807) is 24.7 Å². The van der Waals surface area contributed by atoms with Crippen molar-refractivity contribution >= 4 is 35.5 Å². The largest absolute Gasteiger partial charge is 0.490 e. The number of aliphatic carboxylic acids is 2. The average Bonchev–Trinajstić information content (AvgIpc) is 3.63. The topological polar surface area (TPSA) is 180 Å². The maximum atomic E-state index is 13.0. The first-order valence-electron chi connectivity index (χ1n) is 13.1. The van der Waals surface area contributed by atoms with Gasteiger partial charge in [-0.2, -0.15) is 30.2 Å². The zero-order chi connectivity index (χ0) is 32.0. The van der Waals surface area contributed by atoms with Crippen LogP contribution in [0, 0.1) is 11.3 Å². The first-order chi connectivity index (χ1) is 20.3. The number of hydrogen-bond acceptors (Lipinski definition) is 8. The predicted octanol–water partition coefficient (Wildman–Crippen LogP) is 2.27. The van der Waals surface area contributed by atoms with Gasteiger partial charge < -0.3 is 25.4 Å². The number of nitriles is 1. The Labute approximate surface area is 250 Å². The molecule has 0 bridgehead atoms. The van der Waals surface area contributed by atoms with E-state index in [9.17, 15) is 32.7 Å². The number of aromatic amines is 1. The summed E-state index contributed by atoms with van der Waals surface area (Å²) in [6.07, 6.45) is 2.28. The van der Waals surface area contributed by atoms with E-state index in [1.165, 1.54) is 11.8 Å². The summed E-state index contributed by atoms with van der Waals surface area (Å²) in [4.78, 5) is 57.1. The number of amides is 2. The molecule has 4 N–H and O–H groups in total. The van der Waals surface area contributed by atoms with Crippen LogP contribution in [0.1, 0.15) is 36.1 Å². The number of thioether (sulfide) groups is 1. The molecule has 1 aromatic heterocycles. The van der Waals surface area contributed by atoms with Crippen LogP contribution in [-0.4, -0.2) is 104 Å². The molecule has 1 aromatic carbocycles. The fourth-order valence-electron chi connectivity index (χ4n) is 4.36. The van der Waals surface area contributed by atoms with Gasteiger partial charge in [0.1, 0.15) is 6.04 Å². The van der Waals surface area contributed by atoms with Gasteiger partial charge in [-0.3, -0.25) is 14.5 Å². The van der Waals surface area contributed by atoms with Gasteiger partial charge in [0.15, 0.2) is 0 Å². The molecular weight excluding hydrogens is 593 g/mol. The van der Waals surface area contributed by atoms with E-state index in [0.717, 1.165) is 24.1 Å². The Morgan fingerprint density at radius 1 is 1.26 bits per heavy atom. The van der Waals surface area contributed by atoms with Crippen molar-refractivity contribution in [1.82, 2.24) is 25.1 Å². The molecule has 43 heavy (non-hydrogen) atoms. The van der Waals surface area contributed by atoms with Gasteiger partial charge in [0.2, 0.25) is 11.8 Å². The lowest BCUT2D eigenvalue weighted by atomic mass is 10.1. The van der Waals surface area contributed by atoms with Crippen LogP contribution in [0.4, 0.5) is 13.2 Å². The van der Waals surface area contributed by atoms with Gasteiger partial charge in [0.25, 0.3) is 0 Å². The smallest absolute Gasteiger partial charge is 0.480 e. The van der Waals surface area contributed by atoms with E-state index < -0.39 is 24.2 Å². The number of aromatic nitrogens is 2. The van der Waals surface area contributed by atoms with E-state index in [-0.39, 0.29) is 30.8 Å². The summed E-state index contributed by atoms with van der Waals surface area (Å²) >= 11 is 1.53. The minimum atomic E-state index is -5.08. The van der Waals surface area contributed by atoms with Crippen molar-refractivity contribution < 1.29 is 42.6 Å². The van der Waals surface area contributed by atoms with Gasteiger partial charge in [0, 0.05) is 37.6 Å². The van der Waals surface area contributed by atoms with E-state index in [1.807, 2.05) is 28.2 Å². The number of hydrogen-bond donors (Lipinski definition) is 4. The fourth-order valence-corrected chi connectivity index (χ4v) is 4.83. The van der Waals surface area contributed by atoms with Crippen molar-refractivity contribution in [3.8, 4) is 6.07 Å². The molecule has 12 nitrogen and oxygen atoms in total. The molecule has 2 aromatic rings. The number of nitrogens with zero attached hydrogens (tertiary/aromatic N) is 4. The number of carboxylic acids is 2. The van der Waals surface area contributed by atoms with Crippen molar-refractivity contribution in [2.45, 2.75) is 50.5 Å². The Balaban J connectivity index is 0.000000821. The lowest BCUT2D eigenvalue weighted by Gasteiger charge is -2.31. The average molecular weight is 627 g/mol. The zero-order valence-electron chi connectivity index (χ0n) is 23.3. The highest BCUT2D eigenvalue weighted by atomic mass is 32.2. The van der Waals surface area contributed by atoms with Gasteiger partial charge in [-0.25, -0.2) is 14.6 Å². The van der Waals surface area contributed by atoms with Crippen LogP contribution >= 0.6 is 11.8 Å². The van der Waals surface area contributed by atoms with Gasteiger partial charge >= 0.3 is 18.1 Å². The number of H-pyrrole nitrogens is 1. The summed E-state index contributed by atoms with van der Waals surface area (Å²) in [5, 5.41) is 28.3. The van der Waals surface area contributed by atoms with Crippen molar-refractivity contribution in [2.24, 2.45) is 0 Å². The highest BCUT2D eigenvalue weighted by Gasteiger charge is 2.38. The summed E-state index contributed by atoms with van der Waals surface area (Å²) in [5.74, 6) is -3.55. The highest BCUT2D eigenvalue weighted by molar-refractivity contribution is 7.98. The van der Waals surface area contributed by atoms with Crippen molar-refractivity contribution in [1.29, 1.82) is 5.26 Å². The lowest BCUT2D eigenvalue weighted by molar-refractivity contribution is -0.192. The predicted molar refractivity (Wildman–Crippen MR) is 150 cm³/mol. The maximum absolute atomic E-state index is 13.0. The summed E-state index contributed by atoms with van der Waals surface area (Å²) < 4.78 is 31.7. The molecule has 0 spiro atoms. The Morgan fingerprint density at radius 3 is 2.47 bits per heavy atom. The molecule has 1 aliphatic rings. The second-order valence-electron chi connectivity index (χ2n) is 9.66. The molecule has 3 rings (SSSR count). The molecule has 0 saturated carbocycles. The highest BCUT2D eigenvalue weighted by Crippen LogP contribution is 2.21. The summed E-state index contributed by atoms with van der Waals surface area (Å²) in [7, 11) is 0. The van der Waals surface area contributed by atoms with Crippen molar-refractivity contribution in [3.63, 3.8) is 0 Å². The molecule has 0 radical (unpaired) electrons. The second-order valence-corrected chi connectivity index (χ2v) is 10.6. The third-order valence-electron chi connectivity index (χ3n) is 6.41. The van der Waals surface area contributed by atoms with Crippen LogP contribution in [0.5, 0.6) is 0 Å². The van der Waals surface area contributed by atoms with Gasteiger partial charge in [0.05, 0.1) is 30.9 Å². The number of rotatable bonds is 13. The second kappa shape index (κ2) is 17.1. The fraction of sp³-hybridized carbons (Fsp3) is 0.481. The lowest BCUT2D eigenvalue weighted by Crippen LogP contribution is -2.49. The van der Waals surface area contributed by atoms with Gasteiger partial charge in [-0.05, 0) is 49.0 Å². The molecule has 2 atom stereocenters. The monoisotopic (exact) mass is 626 g/mol. The molecule has 0 aliphatic carbocycles. The van der Waals surface area contributed by atoms with E-state index in [2.05, 4.69) is 21.4 Å². The third kappa shape index (κ3) is 12.3. The van der Waals surface area contributed by atoms with Gasteiger partial charge in [-0.1, -0.05) is 12.1 Å². The van der Waals surface area contributed by atoms with Crippen LogP contribution in [0.2, 0.25) is 0 Å². The first kappa shape index (κ1) is 35.1. The van der Waals surface area contributed by atoms with E-state index in [4.69, 9.17) is 15.2 Å². The SMILES string of the molecule is CSCCC(NC(=O)CN(Cc1ccc(C#N)cc1)C[C@@H]1CCCN1C(=O)Cc1cnc[nH]1)C(=O)O.O=C(O)C(F)(F)F. The minimum Gasteiger partial charge on any atom is -0.480 e. The molecule has 2 heterocycles. The number of imidazole rings is 1. The summed E-state index contributed by atoms with van der Waals surface area (Å²) in [6.45, 7) is 1.57. The first-order valence-corrected chi connectivity index (χ1v) is 14.5. The van der Waals surface area contributed by atoms with Crippen LogP contribution < -0.4 is 5.32 Å². The third-order valence-corrected chi connectivity index (χ3v) is 7.05. The molecular formula is C27H33F3N6O6S. The number of likely N-dealkylation sites (tertiary alicyclic amines) is 1. The number of alkyl halides is 3. The van der Waals surface area contributed by atoms with Gasteiger partial charge in [-0.15, -0.1) is 0 Å². The summed E-state index contributed by atoms with van der Waals surface area (Å²) in [6, 6.07) is 8.24. The minimum absolute atomic E-state index is 0.00211. The number of carboxylic acid groups (broad SMARTS) is 2. The van der Waals surface area contributed by atoms with Crippen LogP contribution in [0.3, 0.4) is 0 Å². The number of halogens is 3. The van der Waals surface area contributed by atoms with Crippen LogP contribution in [0.25, 0.3) is 0 Å². The van der Waals surface area contributed by atoms with E-state index >= 15 is 0 Å². The molecule has 1 fully saturated rings. The Hall–Kier alpha value is -4.10.